The van der Waals surface area contributed by atoms with Crippen molar-refractivity contribution in [1.82, 2.24) is 29.4 Å². The first-order valence-electron chi connectivity index (χ1n) is 8.77. The van der Waals surface area contributed by atoms with E-state index in [1.807, 2.05) is 41.6 Å². The van der Waals surface area contributed by atoms with Crippen molar-refractivity contribution in [3.8, 4) is 0 Å². The van der Waals surface area contributed by atoms with Crippen LogP contribution in [0.15, 0.2) is 35.2 Å². The molecule has 1 N–H and O–H groups in total. The lowest BCUT2D eigenvalue weighted by Crippen LogP contribution is -2.48. The van der Waals surface area contributed by atoms with Gasteiger partial charge in [0.1, 0.15) is 6.10 Å². The predicted octanol–water partition coefficient (Wildman–Crippen LogP) is 1.67. The fourth-order valence-corrected chi connectivity index (χ4v) is 3.80. The molecule has 1 unspecified atom stereocenters. The molecule has 1 atom stereocenters. The second kappa shape index (κ2) is 7.46. The van der Waals surface area contributed by atoms with Crippen LogP contribution in [0.1, 0.15) is 24.3 Å². The van der Waals surface area contributed by atoms with Crippen molar-refractivity contribution >= 4 is 22.3 Å². The minimum atomic E-state index is 0.0132. The Labute approximate surface area is 156 Å². The van der Waals surface area contributed by atoms with Crippen molar-refractivity contribution in [2.45, 2.75) is 19.6 Å². The average molecular weight is 373 g/mol. The van der Waals surface area contributed by atoms with Crippen LogP contribution in [-0.4, -0.2) is 56.3 Å². The van der Waals surface area contributed by atoms with Gasteiger partial charge in [0, 0.05) is 49.7 Å². The zero-order valence-corrected chi connectivity index (χ0v) is 15.8. The molecule has 0 aliphatic carbocycles. The summed E-state index contributed by atoms with van der Waals surface area (Å²) in [6.45, 7) is 5.72. The summed E-state index contributed by atoms with van der Waals surface area (Å²) >= 11 is 1.63. The van der Waals surface area contributed by atoms with Gasteiger partial charge in [0.15, 0.2) is 10.9 Å². The van der Waals surface area contributed by atoms with Crippen molar-refractivity contribution in [2.24, 2.45) is 12.0 Å². The SMILES string of the molecule is CCNC(=NCc1cn2ccsc2n1)N1CCOC(c2cnn(C)c2)C1. The molecular weight excluding hydrogens is 350 g/mol. The van der Waals surface area contributed by atoms with Crippen molar-refractivity contribution in [1.29, 1.82) is 0 Å². The number of aryl methyl sites for hydroxylation is 1. The van der Waals surface area contributed by atoms with E-state index in [2.05, 4.69) is 27.2 Å². The van der Waals surface area contributed by atoms with Crippen molar-refractivity contribution in [3.05, 3.63) is 41.4 Å². The van der Waals surface area contributed by atoms with Gasteiger partial charge in [0.25, 0.3) is 0 Å². The zero-order valence-electron chi connectivity index (χ0n) is 15.0. The highest BCUT2D eigenvalue weighted by molar-refractivity contribution is 7.15. The van der Waals surface area contributed by atoms with E-state index in [-0.39, 0.29) is 6.10 Å². The van der Waals surface area contributed by atoms with Crippen molar-refractivity contribution < 1.29 is 4.74 Å². The molecule has 0 spiro atoms. The maximum Gasteiger partial charge on any atom is 0.194 e. The summed E-state index contributed by atoms with van der Waals surface area (Å²) in [5, 5.41) is 9.68. The normalized spacial score (nSPS) is 18.6. The Morgan fingerprint density at radius 3 is 3.15 bits per heavy atom. The Bertz CT molecular complexity index is 867. The summed E-state index contributed by atoms with van der Waals surface area (Å²) in [6.07, 6.45) is 7.95. The number of fused-ring (bicyclic) bond motifs is 1. The molecule has 0 amide bonds. The van der Waals surface area contributed by atoms with Crippen LogP contribution in [0.4, 0.5) is 0 Å². The van der Waals surface area contributed by atoms with E-state index in [0.717, 1.165) is 41.8 Å². The van der Waals surface area contributed by atoms with E-state index < -0.39 is 0 Å². The monoisotopic (exact) mass is 373 g/mol. The van der Waals surface area contributed by atoms with Gasteiger partial charge >= 0.3 is 0 Å². The Morgan fingerprint density at radius 1 is 1.46 bits per heavy atom. The number of aromatic nitrogens is 4. The summed E-state index contributed by atoms with van der Waals surface area (Å²) in [5.74, 6) is 0.904. The molecule has 0 bridgehead atoms. The average Bonchev–Trinajstić information content (AvgIpc) is 3.35. The maximum absolute atomic E-state index is 5.94. The van der Waals surface area contributed by atoms with Crippen LogP contribution in [0.5, 0.6) is 0 Å². The molecule has 1 aliphatic heterocycles. The lowest BCUT2D eigenvalue weighted by molar-refractivity contribution is -0.00805. The minimum absolute atomic E-state index is 0.0132. The van der Waals surface area contributed by atoms with Crippen LogP contribution in [0.25, 0.3) is 4.96 Å². The Hall–Kier alpha value is -2.39. The summed E-state index contributed by atoms with van der Waals surface area (Å²) in [7, 11) is 1.92. The van der Waals surface area contributed by atoms with Crippen molar-refractivity contribution in [3.63, 3.8) is 0 Å². The largest absolute Gasteiger partial charge is 0.370 e. The lowest BCUT2D eigenvalue weighted by Gasteiger charge is -2.34. The number of morpholine rings is 1. The van der Waals surface area contributed by atoms with Crippen molar-refractivity contribution in [2.75, 3.05) is 26.2 Å². The first-order valence-corrected chi connectivity index (χ1v) is 9.65. The molecule has 4 rings (SSSR count). The second-order valence-corrected chi connectivity index (χ2v) is 7.12. The van der Waals surface area contributed by atoms with Gasteiger partial charge in [-0.3, -0.25) is 9.08 Å². The molecular formula is C17H23N7OS. The van der Waals surface area contributed by atoms with Crippen LogP contribution in [0.3, 0.4) is 0 Å². The molecule has 0 radical (unpaired) electrons. The van der Waals surface area contributed by atoms with Gasteiger partial charge in [-0.05, 0) is 6.92 Å². The van der Waals surface area contributed by atoms with Crippen LogP contribution in [-0.2, 0) is 18.3 Å². The quantitative estimate of drug-likeness (QED) is 0.556. The van der Waals surface area contributed by atoms with Crippen LogP contribution < -0.4 is 5.32 Å². The van der Waals surface area contributed by atoms with E-state index in [0.29, 0.717) is 13.2 Å². The Kier molecular flexibility index (Phi) is 4.89. The van der Waals surface area contributed by atoms with Gasteiger partial charge in [-0.15, -0.1) is 11.3 Å². The van der Waals surface area contributed by atoms with Gasteiger partial charge < -0.3 is 15.0 Å². The number of thiazole rings is 1. The standard InChI is InChI=1S/C17H23N7OS/c1-3-18-16(19-9-14-11-24-5-7-26-17(24)21-14)23-4-6-25-15(12-23)13-8-20-22(2)10-13/h5,7-8,10-11,15H,3-4,6,9,12H2,1-2H3,(H,18,19). The summed E-state index contributed by atoms with van der Waals surface area (Å²) in [4.78, 5) is 12.7. The maximum atomic E-state index is 5.94. The number of guanidine groups is 1. The first-order chi connectivity index (χ1) is 12.7. The van der Waals surface area contributed by atoms with E-state index in [9.17, 15) is 0 Å². The van der Waals surface area contributed by atoms with Gasteiger partial charge in [-0.25, -0.2) is 9.98 Å². The first kappa shape index (κ1) is 17.0. The molecule has 4 heterocycles. The smallest absolute Gasteiger partial charge is 0.194 e. The molecule has 26 heavy (non-hydrogen) atoms. The molecule has 0 aromatic carbocycles. The lowest BCUT2D eigenvalue weighted by atomic mass is 10.1. The van der Waals surface area contributed by atoms with Crippen LogP contribution >= 0.6 is 11.3 Å². The van der Waals surface area contributed by atoms with E-state index in [1.54, 1.807) is 16.0 Å². The Morgan fingerprint density at radius 2 is 2.38 bits per heavy atom. The number of ether oxygens (including phenoxy) is 1. The molecule has 1 fully saturated rings. The van der Waals surface area contributed by atoms with E-state index in [1.165, 1.54) is 0 Å². The van der Waals surface area contributed by atoms with E-state index >= 15 is 0 Å². The molecule has 1 aliphatic rings. The summed E-state index contributed by atoms with van der Waals surface area (Å²) in [5.41, 5.74) is 2.08. The Balaban J connectivity index is 1.48. The highest BCUT2D eigenvalue weighted by atomic mass is 32.1. The molecule has 9 heteroatoms. The van der Waals surface area contributed by atoms with Crippen LogP contribution in [0, 0.1) is 0 Å². The van der Waals surface area contributed by atoms with Gasteiger partial charge in [-0.2, -0.15) is 5.10 Å². The third-order valence-electron chi connectivity index (χ3n) is 4.33. The predicted molar refractivity (Wildman–Crippen MR) is 101 cm³/mol. The molecule has 3 aromatic heterocycles. The number of hydrogen-bond donors (Lipinski definition) is 1. The van der Waals surface area contributed by atoms with Gasteiger partial charge in [-0.1, -0.05) is 0 Å². The highest BCUT2D eigenvalue weighted by Crippen LogP contribution is 2.21. The van der Waals surface area contributed by atoms with Gasteiger partial charge in [0.05, 0.1) is 31.6 Å². The zero-order chi connectivity index (χ0) is 17.9. The third kappa shape index (κ3) is 3.58. The number of imidazole rings is 1. The molecule has 138 valence electrons. The summed E-state index contributed by atoms with van der Waals surface area (Å²) in [6, 6.07) is 0. The molecule has 8 nitrogen and oxygen atoms in total. The number of aliphatic imine (C=N–C) groups is 1. The molecule has 1 saturated heterocycles. The highest BCUT2D eigenvalue weighted by Gasteiger charge is 2.25. The second-order valence-electron chi connectivity index (χ2n) is 6.25. The number of nitrogens with one attached hydrogen (secondary N) is 1. The summed E-state index contributed by atoms with van der Waals surface area (Å²) < 4.78 is 9.78. The fraction of sp³-hybridized carbons (Fsp3) is 0.471. The number of rotatable bonds is 4. The topological polar surface area (TPSA) is 72.0 Å². The van der Waals surface area contributed by atoms with Gasteiger partial charge in [0.2, 0.25) is 0 Å². The van der Waals surface area contributed by atoms with E-state index in [4.69, 9.17) is 9.73 Å². The molecule has 0 saturated carbocycles. The minimum Gasteiger partial charge on any atom is -0.370 e. The number of nitrogens with zero attached hydrogens (tertiary/aromatic N) is 6. The third-order valence-corrected chi connectivity index (χ3v) is 5.10. The van der Waals surface area contributed by atoms with Crippen LogP contribution in [0.2, 0.25) is 0 Å². The molecule has 3 aromatic rings. The number of hydrogen-bond acceptors (Lipinski definition) is 5. The fourth-order valence-electron chi connectivity index (χ4n) is 3.08.